The van der Waals surface area contributed by atoms with Crippen molar-refractivity contribution in [1.29, 1.82) is 0 Å². The Labute approximate surface area is 329 Å². The Bertz CT molecular complexity index is 2320. The Morgan fingerprint density at radius 1 is 0.815 bits per heavy atom. The van der Waals surface area contributed by atoms with Gasteiger partial charge in [-0.3, -0.25) is 13.7 Å². The van der Waals surface area contributed by atoms with Gasteiger partial charge in [-0.05, 0) is 111 Å². The van der Waals surface area contributed by atoms with E-state index in [4.69, 9.17) is 11.6 Å². The first kappa shape index (κ1) is 42.4. The van der Waals surface area contributed by atoms with Crippen molar-refractivity contribution in [2.24, 2.45) is 0 Å². The second-order valence-electron chi connectivity index (χ2n) is 14.9. The zero-order valence-electron chi connectivity index (χ0n) is 30.8. The van der Waals surface area contributed by atoms with Gasteiger partial charge in [0.15, 0.2) is 5.71 Å². The third kappa shape index (κ3) is 9.10. The van der Waals surface area contributed by atoms with E-state index in [1.54, 1.807) is 18.2 Å². The summed E-state index contributed by atoms with van der Waals surface area (Å²) >= 11 is 11.5. The van der Waals surface area contributed by atoms with Crippen molar-refractivity contribution in [1.82, 2.24) is 0 Å². The fourth-order valence-electron chi connectivity index (χ4n) is 7.62. The number of allylic oxidation sites excluding steroid dienone is 8. The Kier molecular flexibility index (Phi) is 12.6. The normalized spacial score (nSPS) is 20.1. The van der Waals surface area contributed by atoms with Crippen LogP contribution < -0.4 is 4.90 Å². The highest BCUT2D eigenvalue weighted by atomic mass is 35.5. The van der Waals surface area contributed by atoms with Crippen LogP contribution in [0.2, 0.25) is 0 Å². The first-order chi connectivity index (χ1) is 25.1. The van der Waals surface area contributed by atoms with E-state index in [1.807, 2.05) is 56.9 Å². The number of unbranched alkanes of at least 4 members (excludes halogenated alkanes) is 2. The van der Waals surface area contributed by atoms with Gasteiger partial charge in [0.2, 0.25) is 5.69 Å². The van der Waals surface area contributed by atoms with Crippen molar-refractivity contribution in [2.45, 2.75) is 93.3 Å². The molecule has 3 N–H and O–H groups in total. The second-order valence-corrected chi connectivity index (χ2v) is 20.2. The summed E-state index contributed by atoms with van der Waals surface area (Å²) in [5, 5.41) is 0.611. The SMILES string of the molecule is CC1(C)C(/C=C/C2=C(Cl)C(=C/C=C3/N(CCCCS(=O)(=O)O)c4ccc(S(=O)(=O)O)cc4C3(C)C)/CCC2)=[N+](CCCCS)c2ccc(S(=O)(=O)O)cc21. The number of anilines is 1. The minimum Gasteiger partial charge on any atom is -0.344 e. The van der Waals surface area contributed by atoms with Crippen LogP contribution in [0.4, 0.5) is 11.4 Å². The predicted octanol–water partition coefficient (Wildman–Crippen LogP) is 7.78. The molecule has 0 saturated heterocycles. The zero-order chi connectivity index (χ0) is 39.9. The Hall–Kier alpha value is -2.76. The van der Waals surface area contributed by atoms with Crippen LogP contribution in [0.5, 0.6) is 0 Å². The highest BCUT2D eigenvalue weighted by Gasteiger charge is 2.45. The first-order valence-corrected chi connectivity index (χ1v) is 23.3. The van der Waals surface area contributed by atoms with Gasteiger partial charge >= 0.3 is 0 Å². The molecule has 2 heterocycles. The van der Waals surface area contributed by atoms with Gasteiger partial charge < -0.3 is 4.90 Å². The summed E-state index contributed by atoms with van der Waals surface area (Å²) in [5.74, 6) is 0.366. The average molecular weight is 841 g/mol. The van der Waals surface area contributed by atoms with Gasteiger partial charge in [-0.25, -0.2) is 0 Å². The monoisotopic (exact) mass is 839 g/mol. The molecule has 0 atom stereocenters. The lowest BCUT2D eigenvalue weighted by Gasteiger charge is -2.27. The van der Waals surface area contributed by atoms with Crippen LogP contribution in [0.3, 0.4) is 0 Å². The molecule has 0 unspecified atom stereocenters. The quantitative estimate of drug-likeness (QED) is 0.0638. The van der Waals surface area contributed by atoms with E-state index in [0.29, 0.717) is 30.1 Å². The molecule has 2 aliphatic heterocycles. The topological polar surface area (TPSA) is 169 Å². The van der Waals surface area contributed by atoms with E-state index in [0.717, 1.165) is 77.4 Å². The average Bonchev–Trinajstić information content (AvgIpc) is 3.42. The molecule has 0 aromatic heterocycles. The molecule has 0 saturated carbocycles. The van der Waals surface area contributed by atoms with Crippen LogP contribution in [-0.4, -0.2) is 73.8 Å². The third-order valence-electron chi connectivity index (χ3n) is 10.5. The molecule has 0 radical (unpaired) electrons. The summed E-state index contributed by atoms with van der Waals surface area (Å²) < 4.78 is 102. The molecule has 0 fully saturated rings. The number of benzene rings is 2. The van der Waals surface area contributed by atoms with Gasteiger partial charge in [-0.2, -0.15) is 42.5 Å². The van der Waals surface area contributed by atoms with Crippen LogP contribution in [0.15, 0.2) is 92.4 Å². The Morgan fingerprint density at radius 3 is 2.09 bits per heavy atom. The highest BCUT2D eigenvalue weighted by Crippen LogP contribution is 2.49. The van der Waals surface area contributed by atoms with Crippen molar-refractivity contribution in [3.8, 4) is 0 Å². The molecule has 2 aromatic rings. The van der Waals surface area contributed by atoms with E-state index in [2.05, 4.69) is 17.2 Å². The predicted molar refractivity (Wildman–Crippen MR) is 216 cm³/mol. The molecule has 54 heavy (non-hydrogen) atoms. The van der Waals surface area contributed by atoms with Crippen LogP contribution in [0.1, 0.15) is 83.8 Å². The zero-order valence-corrected chi connectivity index (χ0v) is 34.9. The second kappa shape index (κ2) is 16.0. The number of halogens is 1. The van der Waals surface area contributed by atoms with E-state index in [-0.39, 0.29) is 22.0 Å². The molecule has 0 bridgehead atoms. The van der Waals surface area contributed by atoms with E-state index < -0.39 is 41.2 Å². The number of nitrogens with zero attached hydrogens (tertiary/aromatic N) is 2. The van der Waals surface area contributed by atoms with Gasteiger partial charge in [0.25, 0.3) is 30.4 Å². The lowest BCUT2D eigenvalue weighted by atomic mass is 9.81. The van der Waals surface area contributed by atoms with Crippen molar-refractivity contribution in [3.63, 3.8) is 0 Å². The maximum atomic E-state index is 12.0. The first-order valence-electron chi connectivity index (χ1n) is 17.8. The van der Waals surface area contributed by atoms with E-state index in [1.165, 1.54) is 18.2 Å². The number of rotatable bonds is 14. The number of hydrogen-bond acceptors (Lipinski definition) is 8. The molecule has 1 aliphatic carbocycles. The molecule has 2 aromatic carbocycles. The molecule has 0 spiro atoms. The van der Waals surface area contributed by atoms with Crippen molar-refractivity contribution in [2.75, 3.05) is 29.5 Å². The fraction of sp³-hybridized carbons (Fsp3) is 0.447. The standard InChI is InChI=1S/C38H47ClN2O9S4/c1-37(2)30-24-28(53(45,46)47)14-16-32(30)40(20-5-7-22-51)34(37)18-12-26-10-9-11-27(36(26)39)13-19-35-38(3,4)31-25-29(54(48,49)50)15-17-33(31)41(35)21-6-8-23-52(42,43)44/h12-19,24-25H,5-11,20-23H2,1-4H3,(H3-,42,43,44,45,46,47,48,49,50,51)/p+1. The Balaban J connectivity index is 1.52. The van der Waals surface area contributed by atoms with Crippen molar-refractivity contribution < 1.29 is 43.5 Å². The minimum atomic E-state index is -4.46. The van der Waals surface area contributed by atoms with Crippen LogP contribution in [0.25, 0.3) is 0 Å². The molecule has 11 nitrogen and oxygen atoms in total. The molecule has 16 heteroatoms. The molecule has 3 aliphatic rings. The van der Waals surface area contributed by atoms with E-state index >= 15 is 0 Å². The summed E-state index contributed by atoms with van der Waals surface area (Å²) in [6.45, 7) is 9.06. The van der Waals surface area contributed by atoms with Gasteiger partial charge in [-0.15, -0.1) is 0 Å². The number of hydrogen-bond donors (Lipinski definition) is 4. The lowest BCUT2D eigenvalue weighted by Crippen LogP contribution is -2.28. The molecule has 5 rings (SSSR count). The van der Waals surface area contributed by atoms with Gasteiger partial charge in [0.05, 0.1) is 21.0 Å². The summed E-state index contributed by atoms with van der Waals surface area (Å²) in [4.78, 5) is 1.64. The van der Waals surface area contributed by atoms with Crippen molar-refractivity contribution in [3.05, 3.63) is 93.7 Å². The van der Waals surface area contributed by atoms with E-state index in [9.17, 15) is 38.9 Å². The van der Waals surface area contributed by atoms with Crippen molar-refractivity contribution >= 4 is 71.7 Å². The van der Waals surface area contributed by atoms with Gasteiger partial charge in [0.1, 0.15) is 6.54 Å². The molecular formula is C38H48ClN2O9S4+. The van der Waals surface area contributed by atoms with Gasteiger partial charge in [-0.1, -0.05) is 37.6 Å². The maximum absolute atomic E-state index is 12.0. The fourth-order valence-corrected chi connectivity index (χ4v) is 9.74. The van der Waals surface area contributed by atoms with Crippen LogP contribution in [0, 0.1) is 0 Å². The third-order valence-corrected chi connectivity index (χ3v) is 13.8. The minimum absolute atomic E-state index is 0.152. The molecule has 0 amide bonds. The Morgan fingerprint density at radius 2 is 1.46 bits per heavy atom. The largest absolute Gasteiger partial charge is 0.344 e. The summed E-state index contributed by atoms with van der Waals surface area (Å²) in [6.07, 6.45) is 12.7. The van der Waals surface area contributed by atoms with Gasteiger partial charge in [0, 0.05) is 52.5 Å². The molecule has 294 valence electrons. The highest BCUT2D eigenvalue weighted by molar-refractivity contribution is 7.86. The van der Waals surface area contributed by atoms with Crippen LogP contribution in [-0.2, 0) is 41.2 Å². The number of fused-ring (bicyclic) bond motifs is 2. The lowest BCUT2D eigenvalue weighted by molar-refractivity contribution is -0.438. The summed E-state index contributed by atoms with van der Waals surface area (Å²) in [7, 11) is -13.0. The smallest absolute Gasteiger partial charge is 0.294 e. The van der Waals surface area contributed by atoms with Crippen LogP contribution >= 0.6 is 24.2 Å². The maximum Gasteiger partial charge on any atom is 0.294 e. The molecular weight excluding hydrogens is 792 g/mol. The number of thiol groups is 1. The summed E-state index contributed by atoms with van der Waals surface area (Å²) in [5.41, 5.74) is 5.47. The summed E-state index contributed by atoms with van der Waals surface area (Å²) in [6, 6.07) is 9.15.